The number of hydrogen-bond donors (Lipinski definition) is 1. The smallest absolute Gasteiger partial charge is 0.267 e. The summed E-state index contributed by atoms with van der Waals surface area (Å²) in [7, 11) is -1.88. The maximum absolute atomic E-state index is 12.8. The van der Waals surface area contributed by atoms with Crippen LogP contribution in [-0.4, -0.2) is 53.0 Å². The monoisotopic (exact) mass is 423 g/mol. The number of piperidine rings is 1. The van der Waals surface area contributed by atoms with E-state index in [-0.39, 0.29) is 16.7 Å². The van der Waals surface area contributed by atoms with E-state index in [1.165, 1.54) is 16.6 Å². The predicted molar refractivity (Wildman–Crippen MR) is 107 cm³/mol. The molecule has 9 nitrogen and oxygen atoms in total. The Labute approximate surface area is 171 Å². The molecule has 0 radical (unpaired) electrons. The quantitative estimate of drug-likeness (QED) is 0.651. The van der Waals surface area contributed by atoms with Gasteiger partial charge in [0.1, 0.15) is 10.6 Å². The Balaban J connectivity index is 1.55. The molecule has 2 aromatic rings. The molecule has 3 rings (SSSR count). The fraction of sp³-hybridized carbons (Fsp3) is 0.632. The Kier molecular flexibility index (Phi) is 6.74. The Bertz CT molecular complexity index is 942. The van der Waals surface area contributed by atoms with Gasteiger partial charge in [0.15, 0.2) is 5.82 Å². The molecule has 0 atom stereocenters. The van der Waals surface area contributed by atoms with Gasteiger partial charge in [0.25, 0.3) is 5.91 Å². The molecule has 1 aliphatic rings. The van der Waals surface area contributed by atoms with Gasteiger partial charge in [-0.1, -0.05) is 25.4 Å². The first-order valence-electron chi connectivity index (χ1n) is 10.1. The van der Waals surface area contributed by atoms with Gasteiger partial charge in [0, 0.05) is 45.2 Å². The summed E-state index contributed by atoms with van der Waals surface area (Å²) in [4.78, 5) is 17.0. The summed E-state index contributed by atoms with van der Waals surface area (Å²) in [5, 5.41) is 6.74. The first kappa shape index (κ1) is 21.5. The predicted octanol–water partition coefficient (Wildman–Crippen LogP) is 2.07. The standard InChI is InChI=1S/C19H29N5O4S/c1-14(2)18-21-17(28-22-18)8-7-9-20-19(25)16-12-15(13-23(16)3)29(26,27)24-10-5-4-6-11-24/h12-14H,4-11H2,1-3H3,(H,20,25). The minimum Gasteiger partial charge on any atom is -0.351 e. The summed E-state index contributed by atoms with van der Waals surface area (Å²) in [5.74, 6) is 1.13. The second-order valence-electron chi connectivity index (χ2n) is 7.70. The molecule has 1 saturated heterocycles. The molecule has 1 aliphatic heterocycles. The molecular weight excluding hydrogens is 394 g/mol. The van der Waals surface area contributed by atoms with Crippen LogP contribution in [0, 0.1) is 0 Å². The van der Waals surface area contributed by atoms with E-state index in [1.54, 1.807) is 11.6 Å². The third-order valence-electron chi connectivity index (χ3n) is 5.02. The number of sulfonamides is 1. The number of carbonyl (C=O) groups is 1. The van der Waals surface area contributed by atoms with E-state index in [0.717, 1.165) is 19.3 Å². The van der Waals surface area contributed by atoms with Crippen molar-refractivity contribution in [2.24, 2.45) is 7.05 Å². The van der Waals surface area contributed by atoms with E-state index < -0.39 is 10.0 Å². The Morgan fingerprint density at radius 2 is 2.00 bits per heavy atom. The molecule has 1 N–H and O–H groups in total. The highest BCUT2D eigenvalue weighted by Crippen LogP contribution is 2.22. The second kappa shape index (κ2) is 9.08. The SMILES string of the molecule is CC(C)c1noc(CCCNC(=O)c2cc(S(=O)(=O)N3CCCCC3)cn2C)n1. The molecule has 1 amide bonds. The zero-order valence-electron chi connectivity index (χ0n) is 17.2. The molecule has 0 aliphatic carbocycles. The summed E-state index contributed by atoms with van der Waals surface area (Å²) in [6.45, 7) is 5.49. The highest BCUT2D eigenvalue weighted by molar-refractivity contribution is 7.89. The first-order chi connectivity index (χ1) is 13.8. The number of rotatable bonds is 8. The van der Waals surface area contributed by atoms with Crippen LogP contribution in [0.15, 0.2) is 21.7 Å². The first-order valence-corrected chi connectivity index (χ1v) is 11.5. The van der Waals surface area contributed by atoms with Gasteiger partial charge in [-0.3, -0.25) is 4.79 Å². The average molecular weight is 424 g/mol. The number of nitrogens with one attached hydrogen (secondary N) is 1. The molecule has 0 saturated carbocycles. The van der Waals surface area contributed by atoms with Crippen molar-refractivity contribution in [1.82, 2.24) is 24.3 Å². The van der Waals surface area contributed by atoms with E-state index in [1.807, 2.05) is 13.8 Å². The van der Waals surface area contributed by atoms with E-state index in [9.17, 15) is 13.2 Å². The van der Waals surface area contributed by atoms with Gasteiger partial charge >= 0.3 is 0 Å². The number of amides is 1. The number of hydrogen-bond acceptors (Lipinski definition) is 6. The normalized spacial score (nSPS) is 15.7. The number of nitrogens with zero attached hydrogens (tertiary/aromatic N) is 4. The molecular formula is C19H29N5O4S. The molecule has 0 bridgehead atoms. The summed E-state index contributed by atoms with van der Waals surface area (Å²) in [6, 6.07) is 1.45. The lowest BCUT2D eigenvalue weighted by atomic mass is 10.2. The summed E-state index contributed by atoms with van der Waals surface area (Å²) in [6.07, 6.45) is 5.52. The summed E-state index contributed by atoms with van der Waals surface area (Å²) >= 11 is 0. The van der Waals surface area contributed by atoms with Gasteiger partial charge in [-0.25, -0.2) is 8.42 Å². The van der Waals surface area contributed by atoms with Crippen molar-refractivity contribution in [3.8, 4) is 0 Å². The van der Waals surface area contributed by atoms with E-state index in [0.29, 0.717) is 49.9 Å². The van der Waals surface area contributed by atoms with Gasteiger partial charge < -0.3 is 14.4 Å². The maximum atomic E-state index is 12.8. The Morgan fingerprint density at radius 3 is 2.66 bits per heavy atom. The molecule has 3 heterocycles. The van der Waals surface area contributed by atoms with Crippen molar-refractivity contribution in [3.63, 3.8) is 0 Å². The minimum absolute atomic E-state index is 0.166. The highest BCUT2D eigenvalue weighted by Gasteiger charge is 2.28. The third-order valence-corrected chi connectivity index (χ3v) is 6.88. The minimum atomic E-state index is -3.56. The van der Waals surface area contributed by atoms with Crippen molar-refractivity contribution >= 4 is 15.9 Å². The molecule has 0 spiro atoms. The summed E-state index contributed by atoms with van der Waals surface area (Å²) in [5.41, 5.74) is 0.320. The molecule has 160 valence electrons. The second-order valence-corrected chi connectivity index (χ2v) is 9.64. The highest BCUT2D eigenvalue weighted by atomic mass is 32.2. The number of aromatic nitrogens is 3. The third kappa shape index (κ3) is 5.05. The zero-order valence-corrected chi connectivity index (χ0v) is 18.0. The van der Waals surface area contributed by atoms with Gasteiger partial charge in [-0.05, 0) is 25.3 Å². The van der Waals surface area contributed by atoms with Crippen LogP contribution in [0.25, 0.3) is 0 Å². The van der Waals surface area contributed by atoms with Crippen molar-refractivity contribution < 1.29 is 17.7 Å². The number of aryl methyl sites for hydroxylation is 2. The molecule has 2 aromatic heterocycles. The van der Waals surface area contributed by atoms with Gasteiger partial charge in [-0.15, -0.1) is 0 Å². The average Bonchev–Trinajstić information content (AvgIpc) is 3.33. The van der Waals surface area contributed by atoms with Crippen LogP contribution < -0.4 is 5.32 Å². The Hall–Kier alpha value is -2.20. The van der Waals surface area contributed by atoms with Crippen LogP contribution in [0.3, 0.4) is 0 Å². The molecule has 1 fully saturated rings. The fourth-order valence-electron chi connectivity index (χ4n) is 3.29. The molecule has 29 heavy (non-hydrogen) atoms. The molecule has 10 heteroatoms. The fourth-order valence-corrected chi connectivity index (χ4v) is 4.88. The topological polar surface area (TPSA) is 110 Å². The van der Waals surface area contributed by atoms with E-state index in [2.05, 4.69) is 15.5 Å². The van der Waals surface area contributed by atoms with Crippen molar-refractivity contribution in [3.05, 3.63) is 29.7 Å². The zero-order chi connectivity index (χ0) is 21.0. The van der Waals surface area contributed by atoms with Crippen molar-refractivity contribution in [2.75, 3.05) is 19.6 Å². The van der Waals surface area contributed by atoms with Gasteiger partial charge in [0.05, 0.1) is 0 Å². The van der Waals surface area contributed by atoms with Crippen LogP contribution in [0.1, 0.15) is 67.7 Å². The molecule has 0 unspecified atom stereocenters. The van der Waals surface area contributed by atoms with Gasteiger partial charge in [-0.2, -0.15) is 9.29 Å². The largest absolute Gasteiger partial charge is 0.351 e. The van der Waals surface area contributed by atoms with Crippen LogP contribution in [0.5, 0.6) is 0 Å². The summed E-state index contributed by atoms with van der Waals surface area (Å²) < 4.78 is 33.8. The van der Waals surface area contributed by atoms with Crippen LogP contribution in [-0.2, 0) is 23.5 Å². The maximum Gasteiger partial charge on any atom is 0.267 e. The van der Waals surface area contributed by atoms with Crippen LogP contribution in [0.4, 0.5) is 0 Å². The number of carbonyl (C=O) groups excluding carboxylic acids is 1. The van der Waals surface area contributed by atoms with Crippen LogP contribution >= 0.6 is 0 Å². The lowest BCUT2D eigenvalue weighted by molar-refractivity contribution is 0.0944. The van der Waals surface area contributed by atoms with Gasteiger partial charge in [0.2, 0.25) is 15.9 Å². The lowest BCUT2D eigenvalue weighted by Gasteiger charge is -2.25. The van der Waals surface area contributed by atoms with E-state index in [4.69, 9.17) is 4.52 Å². The van der Waals surface area contributed by atoms with Crippen molar-refractivity contribution in [2.45, 2.75) is 56.8 Å². The lowest BCUT2D eigenvalue weighted by Crippen LogP contribution is -2.35. The molecule has 0 aromatic carbocycles. The van der Waals surface area contributed by atoms with E-state index >= 15 is 0 Å². The van der Waals surface area contributed by atoms with Crippen LogP contribution in [0.2, 0.25) is 0 Å². The Morgan fingerprint density at radius 1 is 1.28 bits per heavy atom. The van der Waals surface area contributed by atoms with Crippen molar-refractivity contribution in [1.29, 1.82) is 0 Å².